The second kappa shape index (κ2) is 5.44. The van der Waals surface area contributed by atoms with Gasteiger partial charge in [0.05, 0.1) is 23.8 Å². The molecule has 1 heterocycles. The van der Waals surface area contributed by atoms with Crippen LogP contribution in [0.1, 0.15) is 18.5 Å². The van der Waals surface area contributed by atoms with Gasteiger partial charge in [0.2, 0.25) is 0 Å². The molecule has 1 aromatic heterocycles. The maximum atomic E-state index is 5.95. The highest BCUT2D eigenvalue weighted by molar-refractivity contribution is 9.10. The molecule has 1 atom stereocenters. The minimum atomic E-state index is 0.174. The summed E-state index contributed by atoms with van der Waals surface area (Å²) in [7, 11) is 1.68. The van der Waals surface area contributed by atoms with E-state index in [1.165, 1.54) is 0 Å². The third kappa shape index (κ3) is 2.51. The maximum Gasteiger partial charge on any atom is 0.136 e. The molecule has 0 radical (unpaired) electrons. The topological polar surface area (TPSA) is 53.1 Å². The van der Waals surface area contributed by atoms with E-state index in [2.05, 4.69) is 34.0 Å². The van der Waals surface area contributed by atoms with Gasteiger partial charge in [-0.1, -0.05) is 18.2 Å². The van der Waals surface area contributed by atoms with Crippen LogP contribution in [-0.4, -0.2) is 16.9 Å². The highest BCUT2D eigenvalue weighted by atomic mass is 79.9. The van der Waals surface area contributed by atoms with E-state index in [1.54, 1.807) is 13.3 Å². The Morgan fingerprint density at radius 2 is 2.17 bits per heavy atom. The van der Waals surface area contributed by atoms with E-state index in [9.17, 15) is 0 Å². The van der Waals surface area contributed by atoms with Crippen molar-refractivity contribution in [2.75, 3.05) is 12.8 Å². The van der Waals surface area contributed by atoms with Crippen molar-refractivity contribution in [1.29, 1.82) is 0 Å². The lowest BCUT2D eigenvalue weighted by molar-refractivity contribution is 0.402. The normalized spacial score (nSPS) is 12.4. The molecule has 0 amide bonds. The van der Waals surface area contributed by atoms with Crippen LogP contribution in [0.15, 0.2) is 34.9 Å². The molecule has 18 heavy (non-hydrogen) atoms. The summed E-state index contributed by atoms with van der Waals surface area (Å²) in [4.78, 5) is 0. The van der Waals surface area contributed by atoms with E-state index in [4.69, 9.17) is 10.5 Å². The van der Waals surface area contributed by atoms with Gasteiger partial charge in [-0.2, -0.15) is 5.10 Å². The Hall–Kier alpha value is -1.49. The number of nitrogens with zero attached hydrogens (tertiary/aromatic N) is 2. The van der Waals surface area contributed by atoms with Gasteiger partial charge >= 0.3 is 0 Å². The van der Waals surface area contributed by atoms with Crippen LogP contribution in [-0.2, 0) is 6.42 Å². The lowest BCUT2D eigenvalue weighted by Crippen LogP contribution is -2.13. The standard InChI is InChI=1S/C13H16BrN3O/c1-9(17-13(15)11(14)8-16-17)7-10-5-3-4-6-12(10)18-2/h3-6,8-9H,7,15H2,1-2H3. The Morgan fingerprint density at radius 1 is 1.44 bits per heavy atom. The van der Waals surface area contributed by atoms with E-state index in [1.807, 2.05) is 22.9 Å². The Morgan fingerprint density at radius 3 is 2.78 bits per heavy atom. The van der Waals surface area contributed by atoms with Crippen molar-refractivity contribution in [1.82, 2.24) is 9.78 Å². The summed E-state index contributed by atoms with van der Waals surface area (Å²) in [5.74, 6) is 1.55. The smallest absolute Gasteiger partial charge is 0.136 e. The number of nitrogens with two attached hydrogens (primary N) is 1. The predicted molar refractivity (Wildman–Crippen MR) is 75.7 cm³/mol. The second-order valence-electron chi connectivity index (χ2n) is 4.19. The second-order valence-corrected chi connectivity index (χ2v) is 5.04. The number of nitrogen functional groups attached to an aromatic ring is 1. The van der Waals surface area contributed by atoms with Crippen molar-refractivity contribution < 1.29 is 4.74 Å². The van der Waals surface area contributed by atoms with Crippen LogP contribution >= 0.6 is 15.9 Å². The fraction of sp³-hybridized carbons (Fsp3) is 0.308. The summed E-state index contributed by atoms with van der Waals surface area (Å²) in [6, 6.07) is 8.17. The molecule has 0 saturated carbocycles. The number of hydrogen-bond acceptors (Lipinski definition) is 3. The Labute approximate surface area is 115 Å². The third-order valence-corrected chi connectivity index (χ3v) is 3.52. The van der Waals surface area contributed by atoms with Crippen molar-refractivity contribution in [3.05, 3.63) is 40.5 Å². The third-order valence-electron chi connectivity index (χ3n) is 2.91. The molecular weight excluding hydrogens is 294 g/mol. The lowest BCUT2D eigenvalue weighted by Gasteiger charge is -2.16. The van der Waals surface area contributed by atoms with E-state index in [0.717, 1.165) is 22.2 Å². The zero-order valence-electron chi connectivity index (χ0n) is 10.4. The molecule has 0 fully saturated rings. The molecule has 2 rings (SSSR count). The van der Waals surface area contributed by atoms with Crippen molar-refractivity contribution in [2.45, 2.75) is 19.4 Å². The predicted octanol–water partition coefficient (Wildman–Crippen LogP) is 3.04. The largest absolute Gasteiger partial charge is 0.496 e. The number of ether oxygens (including phenoxy) is 1. The molecule has 0 bridgehead atoms. The van der Waals surface area contributed by atoms with Crippen LogP contribution in [0.4, 0.5) is 5.82 Å². The van der Waals surface area contributed by atoms with E-state index < -0.39 is 0 Å². The minimum absolute atomic E-state index is 0.174. The van der Waals surface area contributed by atoms with Crippen LogP contribution in [0, 0.1) is 0 Å². The molecule has 0 saturated heterocycles. The van der Waals surface area contributed by atoms with Crippen LogP contribution in [0.5, 0.6) is 5.75 Å². The zero-order chi connectivity index (χ0) is 13.1. The Kier molecular flexibility index (Phi) is 3.91. The van der Waals surface area contributed by atoms with Gasteiger partial charge in [0.25, 0.3) is 0 Å². The first-order valence-corrected chi connectivity index (χ1v) is 6.53. The molecule has 0 aliphatic heterocycles. The average Bonchev–Trinajstić information content (AvgIpc) is 2.71. The van der Waals surface area contributed by atoms with Gasteiger partial charge in [-0.15, -0.1) is 0 Å². The maximum absolute atomic E-state index is 5.95. The number of halogens is 1. The molecule has 1 aromatic carbocycles. The monoisotopic (exact) mass is 309 g/mol. The van der Waals surface area contributed by atoms with Crippen LogP contribution in [0.2, 0.25) is 0 Å². The SMILES string of the molecule is COc1ccccc1CC(C)n1ncc(Br)c1N. The zero-order valence-corrected chi connectivity index (χ0v) is 12.0. The summed E-state index contributed by atoms with van der Waals surface area (Å²) in [6.45, 7) is 2.09. The van der Waals surface area contributed by atoms with E-state index in [0.29, 0.717) is 5.82 Å². The Bertz CT molecular complexity index is 539. The molecule has 2 N–H and O–H groups in total. The number of para-hydroxylation sites is 1. The number of benzene rings is 1. The number of methoxy groups -OCH3 is 1. The van der Waals surface area contributed by atoms with Gasteiger partial charge in [-0.05, 0) is 40.9 Å². The molecule has 0 aliphatic rings. The molecule has 1 unspecified atom stereocenters. The van der Waals surface area contributed by atoms with E-state index in [-0.39, 0.29) is 6.04 Å². The summed E-state index contributed by atoms with van der Waals surface area (Å²) >= 11 is 3.36. The first-order chi connectivity index (χ1) is 8.63. The molecule has 4 nitrogen and oxygen atoms in total. The van der Waals surface area contributed by atoms with Crippen molar-refractivity contribution in [3.63, 3.8) is 0 Å². The number of anilines is 1. The van der Waals surface area contributed by atoms with Gasteiger partial charge < -0.3 is 10.5 Å². The van der Waals surface area contributed by atoms with Crippen molar-refractivity contribution in [3.8, 4) is 5.75 Å². The van der Waals surface area contributed by atoms with Crippen LogP contribution < -0.4 is 10.5 Å². The molecule has 96 valence electrons. The first kappa shape index (κ1) is 13.0. The summed E-state index contributed by atoms with van der Waals surface area (Å²) in [6.07, 6.45) is 2.54. The average molecular weight is 310 g/mol. The van der Waals surface area contributed by atoms with Crippen LogP contribution in [0.25, 0.3) is 0 Å². The fourth-order valence-corrected chi connectivity index (χ4v) is 2.25. The van der Waals surface area contributed by atoms with Crippen molar-refractivity contribution in [2.24, 2.45) is 0 Å². The quantitative estimate of drug-likeness (QED) is 0.944. The summed E-state index contributed by atoms with van der Waals surface area (Å²) < 4.78 is 7.99. The number of hydrogen-bond donors (Lipinski definition) is 1. The van der Waals surface area contributed by atoms with Gasteiger partial charge in [0.1, 0.15) is 11.6 Å². The fourth-order valence-electron chi connectivity index (χ4n) is 1.98. The highest BCUT2D eigenvalue weighted by Crippen LogP contribution is 2.26. The highest BCUT2D eigenvalue weighted by Gasteiger charge is 2.14. The molecule has 2 aromatic rings. The number of rotatable bonds is 4. The Balaban J connectivity index is 2.21. The minimum Gasteiger partial charge on any atom is -0.496 e. The summed E-state index contributed by atoms with van der Waals surface area (Å²) in [5.41, 5.74) is 7.10. The molecular formula is C13H16BrN3O. The molecule has 0 aliphatic carbocycles. The van der Waals surface area contributed by atoms with E-state index >= 15 is 0 Å². The summed E-state index contributed by atoms with van der Waals surface area (Å²) in [5, 5.41) is 4.27. The van der Waals surface area contributed by atoms with Crippen molar-refractivity contribution >= 4 is 21.7 Å². The van der Waals surface area contributed by atoms with Gasteiger partial charge in [0, 0.05) is 0 Å². The first-order valence-electron chi connectivity index (χ1n) is 5.74. The van der Waals surface area contributed by atoms with Gasteiger partial charge in [-0.25, -0.2) is 4.68 Å². The molecule has 0 spiro atoms. The lowest BCUT2D eigenvalue weighted by atomic mass is 10.1. The van der Waals surface area contributed by atoms with Gasteiger partial charge in [0.15, 0.2) is 0 Å². The molecule has 5 heteroatoms. The van der Waals surface area contributed by atoms with Crippen LogP contribution in [0.3, 0.4) is 0 Å². The van der Waals surface area contributed by atoms with Gasteiger partial charge in [-0.3, -0.25) is 0 Å². The number of aromatic nitrogens is 2.